The van der Waals surface area contributed by atoms with Crippen molar-refractivity contribution in [1.29, 1.82) is 0 Å². The average Bonchev–Trinajstić information content (AvgIpc) is 2.39. The van der Waals surface area contributed by atoms with Crippen molar-refractivity contribution in [2.75, 3.05) is 0 Å². The number of cyclic esters (lactones) is 2. The number of nitrogens with zero attached hydrogens (tertiary/aromatic N) is 1. The van der Waals surface area contributed by atoms with Gasteiger partial charge in [0.2, 0.25) is 5.71 Å². The van der Waals surface area contributed by atoms with E-state index in [1.807, 2.05) is 33.8 Å². The lowest BCUT2D eigenvalue weighted by Crippen LogP contribution is -2.46. The fourth-order valence-corrected chi connectivity index (χ4v) is 1.66. The van der Waals surface area contributed by atoms with E-state index < -0.39 is 17.7 Å². The molecule has 1 aliphatic rings. The third kappa shape index (κ3) is 4.15. The number of rotatable bonds is 1. The van der Waals surface area contributed by atoms with Gasteiger partial charge < -0.3 is 9.47 Å². The second-order valence-electron chi connectivity index (χ2n) is 4.91. The molecule has 5 heteroatoms. The minimum Gasteiger partial charge on any atom is -0.418 e. The summed E-state index contributed by atoms with van der Waals surface area (Å²) in [7, 11) is 0. The van der Waals surface area contributed by atoms with Gasteiger partial charge in [0.15, 0.2) is 0 Å². The van der Waals surface area contributed by atoms with Crippen LogP contribution in [0.2, 0.25) is 0 Å². The predicted octanol–water partition coefficient (Wildman–Crippen LogP) is 3.24. The van der Waals surface area contributed by atoms with Gasteiger partial charge in [-0.3, -0.25) is 0 Å². The maximum absolute atomic E-state index is 11.7. The van der Waals surface area contributed by atoms with Gasteiger partial charge >= 0.3 is 11.9 Å². The third-order valence-corrected chi connectivity index (χ3v) is 2.80. The molecule has 0 bridgehead atoms. The van der Waals surface area contributed by atoms with Gasteiger partial charge in [-0.2, -0.15) is 0 Å². The zero-order valence-corrected chi connectivity index (χ0v) is 13.3. The quantitative estimate of drug-likeness (QED) is 0.745. The Balaban J connectivity index is 0.00000106. The van der Waals surface area contributed by atoms with E-state index in [-0.39, 0.29) is 5.71 Å². The summed E-state index contributed by atoms with van der Waals surface area (Å²) in [5.41, 5.74) is 2.33. The molecule has 1 heterocycles. The molecule has 0 saturated carbocycles. The SMILES string of the molecule is CC.Cc1ccc(N=C2C(=O)OC(C)(C)OC2=O)cc1C. The van der Waals surface area contributed by atoms with E-state index in [0.717, 1.165) is 11.1 Å². The predicted molar refractivity (Wildman–Crippen MR) is 80.6 cm³/mol. The molecular formula is C16H21NO4. The Bertz CT molecular complexity index is 566. The van der Waals surface area contributed by atoms with E-state index >= 15 is 0 Å². The summed E-state index contributed by atoms with van der Waals surface area (Å²) in [5, 5.41) is 0. The maximum atomic E-state index is 11.7. The van der Waals surface area contributed by atoms with Crippen LogP contribution in [0.4, 0.5) is 5.69 Å². The summed E-state index contributed by atoms with van der Waals surface area (Å²) in [5.74, 6) is -2.77. The van der Waals surface area contributed by atoms with E-state index in [9.17, 15) is 9.59 Å². The van der Waals surface area contributed by atoms with Crippen LogP contribution >= 0.6 is 0 Å². The van der Waals surface area contributed by atoms with E-state index in [4.69, 9.17) is 9.47 Å². The molecule has 5 nitrogen and oxygen atoms in total. The largest absolute Gasteiger partial charge is 0.418 e. The summed E-state index contributed by atoms with van der Waals surface area (Å²) in [6, 6.07) is 5.40. The molecule has 0 spiro atoms. The number of esters is 2. The molecule has 1 saturated heterocycles. The molecule has 1 aliphatic heterocycles. The first-order valence-corrected chi connectivity index (χ1v) is 6.91. The van der Waals surface area contributed by atoms with Crippen LogP contribution in [0.15, 0.2) is 23.2 Å². The highest BCUT2D eigenvalue weighted by atomic mass is 16.7. The van der Waals surface area contributed by atoms with Crippen molar-refractivity contribution >= 4 is 23.3 Å². The lowest BCUT2D eigenvalue weighted by Gasteiger charge is -2.29. The van der Waals surface area contributed by atoms with Crippen LogP contribution in [-0.4, -0.2) is 23.4 Å². The molecule has 1 fully saturated rings. The smallest absolute Gasteiger partial charge is 0.367 e. The molecule has 0 aliphatic carbocycles. The van der Waals surface area contributed by atoms with Crippen molar-refractivity contribution in [2.24, 2.45) is 4.99 Å². The van der Waals surface area contributed by atoms with Crippen LogP contribution in [0, 0.1) is 13.8 Å². The molecule has 114 valence electrons. The molecular weight excluding hydrogens is 270 g/mol. The van der Waals surface area contributed by atoms with Crippen LogP contribution in [-0.2, 0) is 19.1 Å². The van der Waals surface area contributed by atoms with Gasteiger partial charge in [0.1, 0.15) is 0 Å². The second-order valence-corrected chi connectivity index (χ2v) is 4.91. The first-order valence-electron chi connectivity index (χ1n) is 6.91. The highest BCUT2D eigenvalue weighted by Crippen LogP contribution is 2.22. The van der Waals surface area contributed by atoms with Gasteiger partial charge in [-0.05, 0) is 37.1 Å². The summed E-state index contributed by atoms with van der Waals surface area (Å²) < 4.78 is 9.94. The average molecular weight is 291 g/mol. The zero-order valence-electron chi connectivity index (χ0n) is 13.3. The van der Waals surface area contributed by atoms with E-state index in [2.05, 4.69) is 4.99 Å². The highest BCUT2D eigenvalue weighted by Gasteiger charge is 2.40. The number of aliphatic imine (C=N–C) groups is 1. The number of aryl methyl sites for hydroxylation is 2. The lowest BCUT2D eigenvalue weighted by atomic mass is 10.1. The number of carbonyl (C=O) groups excluding carboxylic acids is 2. The number of hydrogen-bond acceptors (Lipinski definition) is 5. The molecule has 0 unspecified atom stereocenters. The van der Waals surface area contributed by atoms with E-state index in [1.165, 1.54) is 13.8 Å². The molecule has 21 heavy (non-hydrogen) atoms. The Morgan fingerprint density at radius 2 is 1.48 bits per heavy atom. The molecule has 2 rings (SSSR count). The molecule has 0 atom stereocenters. The zero-order chi connectivity index (χ0) is 16.2. The van der Waals surface area contributed by atoms with Crippen molar-refractivity contribution in [3.8, 4) is 0 Å². The fraction of sp³-hybridized carbons (Fsp3) is 0.438. The molecule has 0 radical (unpaired) electrons. The fourth-order valence-electron chi connectivity index (χ4n) is 1.66. The monoisotopic (exact) mass is 291 g/mol. The molecule has 1 aromatic carbocycles. The van der Waals surface area contributed by atoms with Crippen LogP contribution in [0.1, 0.15) is 38.8 Å². The van der Waals surface area contributed by atoms with Crippen molar-refractivity contribution in [3.05, 3.63) is 29.3 Å². The van der Waals surface area contributed by atoms with E-state index in [1.54, 1.807) is 12.1 Å². The van der Waals surface area contributed by atoms with Gasteiger partial charge in [-0.15, -0.1) is 0 Å². The number of benzene rings is 1. The van der Waals surface area contributed by atoms with E-state index in [0.29, 0.717) is 5.69 Å². The summed E-state index contributed by atoms with van der Waals surface area (Å²) in [6.07, 6.45) is 0. The molecule has 0 amide bonds. The molecule has 0 aromatic heterocycles. The van der Waals surface area contributed by atoms with Gasteiger partial charge in [-0.25, -0.2) is 14.6 Å². The summed E-state index contributed by atoms with van der Waals surface area (Å²) in [6.45, 7) is 10.9. The topological polar surface area (TPSA) is 65.0 Å². The van der Waals surface area contributed by atoms with Crippen LogP contribution in [0.5, 0.6) is 0 Å². The second kappa shape index (κ2) is 6.52. The molecule has 1 aromatic rings. The van der Waals surface area contributed by atoms with Crippen molar-refractivity contribution < 1.29 is 19.1 Å². The lowest BCUT2D eigenvalue weighted by molar-refractivity contribution is -0.214. The Morgan fingerprint density at radius 1 is 0.952 bits per heavy atom. The summed E-state index contributed by atoms with van der Waals surface area (Å²) in [4.78, 5) is 27.5. The minimum absolute atomic E-state index is 0.331. The van der Waals surface area contributed by atoms with Gasteiger partial charge in [0.05, 0.1) is 5.69 Å². The van der Waals surface area contributed by atoms with Gasteiger partial charge in [0, 0.05) is 13.8 Å². The Labute approximate surface area is 125 Å². The van der Waals surface area contributed by atoms with Gasteiger partial charge in [-0.1, -0.05) is 19.9 Å². The van der Waals surface area contributed by atoms with Crippen LogP contribution in [0.3, 0.4) is 0 Å². The standard InChI is InChI=1S/C14H15NO4.C2H6/c1-8-5-6-10(7-9(8)2)15-11-12(16)18-14(3,4)19-13(11)17;1-2/h5-7H,1-4H3;1-2H3. The van der Waals surface area contributed by atoms with Crippen LogP contribution < -0.4 is 0 Å². The number of ether oxygens (including phenoxy) is 2. The third-order valence-electron chi connectivity index (χ3n) is 2.80. The first kappa shape index (κ1) is 16.9. The minimum atomic E-state index is -1.24. The Kier molecular flexibility index (Phi) is 5.24. The Morgan fingerprint density at radius 3 is 1.95 bits per heavy atom. The first-order chi connectivity index (χ1) is 9.78. The van der Waals surface area contributed by atoms with Crippen molar-refractivity contribution in [2.45, 2.75) is 47.3 Å². The maximum Gasteiger partial charge on any atom is 0.367 e. The van der Waals surface area contributed by atoms with Crippen molar-refractivity contribution in [1.82, 2.24) is 0 Å². The van der Waals surface area contributed by atoms with Crippen LogP contribution in [0.25, 0.3) is 0 Å². The highest BCUT2D eigenvalue weighted by molar-refractivity contribution is 6.63. The number of hydrogen-bond donors (Lipinski definition) is 0. The summed E-state index contributed by atoms with van der Waals surface area (Å²) >= 11 is 0. The number of carbonyl (C=O) groups is 2. The normalized spacial score (nSPS) is 16.4. The Hall–Kier alpha value is -2.17. The van der Waals surface area contributed by atoms with Gasteiger partial charge in [0.25, 0.3) is 5.79 Å². The molecule has 0 N–H and O–H groups in total. The van der Waals surface area contributed by atoms with Crippen molar-refractivity contribution in [3.63, 3.8) is 0 Å².